The Bertz CT molecular complexity index is 340. The average molecular weight is 240 g/mol. The second-order valence-corrected chi connectivity index (χ2v) is 4.86. The minimum atomic E-state index is -0.0103. The maximum Gasteiger partial charge on any atom is 0.146 e. The van der Waals surface area contributed by atoms with Crippen LogP contribution >= 0.6 is 11.3 Å². The van der Waals surface area contributed by atoms with Gasteiger partial charge >= 0.3 is 0 Å². The van der Waals surface area contributed by atoms with Gasteiger partial charge in [-0.1, -0.05) is 6.92 Å². The van der Waals surface area contributed by atoms with Crippen molar-refractivity contribution in [3.8, 4) is 0 Å². The van der Waals surface area contributed by atoms with E-state index in [9.17, 15) is 4.79 Å². The molecule has 1 saturated heterocycles. The lowest BCUT2D eigenvalue weighted by Gasteiger charge is -2.16. The normalized spacial score (nSPS) is 24.8. The zero-order valence-corrected chi connectivity index (χ0v) is 10.1. The number of carbonyl (C=O) groups excluding carboxylic acids is 1. The molecule has 0 spiro atoms. The van der Waals surface area contributed by atoms with Gasteiger partial charge in [0.25, 0.3) is 0 Å². The van der Waals surface area contributed by atoms with Crippen molar-refractivity contribution in [2.75, 3.05) is 19.8 Å². The molecule has 0 aliphatic carbocycles. The van der Waals surface area contributed by atoms with Gasteiger partial charge in [-0.15, -0.1) is 11.3 Å². The third kappa shape index (κ3) is 2.66. The summed E-state index contributed by atoms with van der Waals surface area (Å²) < 4.78 is 5.36. The third-order valence-corrected chi connectivity index (χ3v) is 3.55. The molecule has 1 fully saturated rings. The molecule has 1 aliphatic rings. The van der Waals surface area contributed by atoms with Crippen molar-refractivity contribution in [2.45, 2.75) is 19.4 Å². The number of likely N-dealkylation sites (N-methyl/N-ethyl adjacent to an activating group) is 1. The number of hydrogen-bond acceptors (Lipinski definition) is 5. The molecule has 0 radical (unpaired) electrons. The van der Waals surface area contributed by atoms with E-state index in [1.165, 1.54) is 11.3 Å². The molecule has 1 aromatic rings. The molecule has 0 aromatic carbocycles. The monoisotopic (exact) mass is 240 g/mol. The molecular weight excluding hydrogens is 224 g/mol. The SMILES string of the molecule is CCNC1COCC1C(=O)Cc1nccs1. The summed E-state index contributed by atoms with van der Waals surface area (Å²) in [6.45, 7) is 4.10. The van der Waals surface area contributed by atoms with E-state index >= 15 is 0 Å². The minimum Gasteiger partial charge on any atom is -0.379 e. The molecule has 16 heavy (non-hydrogen) atoms. The van der Waals surface area contributed by atoms with Crippen LogP contribution in [0.2, 0.25) is 0 Å². The van der Waals surface area contributed by atoms with E-state index in [4.69, 9.17) is 4.74 Å². The lowest BCUT2D eigenvalue weighted by Crippen LogP contribution is -2.39. The Hall–Kier alpha value is -0.780. The van der Waals surface area contributed by atoms with Crippen molar-refractivity contribution in [1.29, 1.82) is 0 Å². The van der Waals surface area contributed by atoms with E-state index in [2.05, 4.69) is 10.3 Å². The highest BCUT2D eigenvalue weighted by Gasteiger charge is 2.33. The second kappa shape index (κ2) is 5.52. The van der Waals surface area contributed by atoms with Gasteiger partial charge in [-0.2, -0.15) is 0 Å². The van der Waals surface area contributed by atoms with Crippen LogP contribution in [0, 0.1) is 5.92 Å². The molecule has 88 valence electrons. The predicted molar refractivity (Wildman–Crippen MR) is 62.6 cm³/mol. The van der Waals surface area contributed by atoms with E-state index in [-0.39, 0.29) is 17.7 Å². The second-order valence-electron chi connectivity index (χ2n) is 3.88. The number of carbonyl (C=O) groups is 1. The number of hydrogen-bond donors (Lipinski definition) is 1. The summed E-state index contributed by atoms with van der Waals surface area (Å²) in [6.07, 6.45) is 2.17. The first-order chi connectivity index (χ1) is 7.81. The van der Waals surface area contributed by atoms with Crippen molar-refractivity contribution in [3.63, 3.8) is 0 Å². The van der Waals surface area contributed by atoms with Crippen molar-refractivity contribution < 1.29 is 9.53 Å². The van der Waals surface area contributed by atoms with Crippen LogP contribution < -0.4 is 5.32 Å². The van der Waals surface area contributed by atoms with Gasteiger partial charge in [0.2, 0.25) is 0 Å². The Morgan fingerprint density at radius 2 is 2.56 bits per heavy atom. The topological polar surface area (TPSA) is 51.2 Å². The number of rotatable bonds is 5. The standard InChI is InChI=1S/C11H16N2O2S/c1-2-12-9-7-15-6-8(9)10(14)5-11-13-3-4-16-11/h3-4,8-9,12H,2,5-7H2,1H3. The van der Waals surface area contributed by atoms with E-state index in [0.29, 0.717) is 19.6 Å². The number of ketones is 1. The molecule has 2 rings (SSSR count). The fraction of sp³-hybridized carbons (Fsp3) is 0.636. The summed E-state index contributed by atoms with van der Waals surface area (Å²) in [5, 5.41) is 6.09. The smallest absolute Gasteiger partial charge is 0.146 e. The zero-order valence-electron chi connectivity index (χ0n) is 9.31. The molecule has 2 heterocycles. The Morgan fingerprint density at radius 1 is 1.69 bits per heavy atom. The van der Waals surface area contributed by atoms with Gasteiger partial charge in [-0.25, -0.2) is 4.98 Å². The molecule has 2 unspecified atom stereocenters. The first-order valence-electron chi connectivity index (χ1n) is 5.53. The Morgan fingerprint density at radius 3 is 3.25 bits per heavy atom. The van der Waals surface area contributed by atoms with Crippen LogP contribution in [0.1, 0.15) is 11.9 Å². The number of thiazole rings is 1. The molecule has 0 amide bonds. The summed E-state index contributed by atoms with van der Waals surface area (Å²) in [5.74, 6) is 0.224. The van der Waals surface area contributed by atoms with Crippen LogP contribution in [0.15, 0.2) is 11.6 Å². The molecule has 5 heteroatoms. The summed E-state index contributed by atoms with van der Waals surface area (Å²) in [7, 11) is 0. The molecule has 1 N–H and O–H groups in total. The first-order valence-corrected chi connectivity index (χ1v) is 6.41. The van der Waals surface area contributed by atoms with Crippen molar-refractivity contribution in [2.24, 2.45) is 5.92 Å². The van der Waals surface area contributed by atoms with Crippen LogP contribution in [0.4, 0.5) is 0 Å². The Labute approximate surface area is 99.0 Å². The van der Waals surface area contributed by atoms with Gasteiger partial charge in [0.15, 0.2) is 0 Å². The summed E-state index contributed by atoms with van der Waals surface area (Å²) in [4.78, 5) is 16.2. The number of nitrogens with one attached hydrogen (secondary N) is 1. The molecule has 1 aromatic heterocycles. The number of ether oxygens (including phenoxy) is 1. The highest BCUT2D eigenvalue weighted by atomic mass is 32.1. The van der Waals surface area contributed by atoms with E-state index in [1.807, 2.05) is 12.3 Å². The van der Waals surface area contributed by atoms with Crippen molar-refractivity contribution >= 4 is 17.1 Å². The maximum atomic E-state index is 12.0. The highest BCUT2D eigenvalue weighted by molar-refractivity contribution is 7.09. The zero-order chi connectivity index (χ0) is 11.4. The fourth-order valence-corrected chi connectivity index (χ4v) is 2.58. The Kier molecular flexibility index (Phi) is 4.04. The van der Waals surface area contributed by atoms with Gasteiger partial charge in [-0.05, 0) is 6.54 Å². The van der Waals surface area contributed by atoms with Gasteiger partial charge in [0, 0.05) is 17.6 Å². The lowest BCUT2D eigenvalue weighted by atomic mass is 9.96. The first kappa shape index (κ1) is 11.7. The Balaban J connectivity index is 1.93. The van der Waals surface area contributed by atoms with Gasteiger partial charge in [-0.3, -0.25) is 4.79 Å². The minimum absolute atomic E-state index is 0.0103. The van der Waals surface area contributed by atoms with Crippen LogP contribution in [-0.4, -0.2) is 36.6 Å². The largest absolute Gasteiger partial charge is 0.379 e. The van der Waals surface area contributed by atoms with Crippen LogP contribution in [0.5, 0.6) is 0 Å². The summed E-state index contributed by atoms with van der Waals surface area (Å²) in [5.41, 5.74) is 0. The van der Waals surface area contributed by atoms with Gasteiger partial charge in [0.05, 0.1) is 30.6 Å². The molecule has 2 atom stereocenters. The third-order valence-electron chi connectivity index (χ3n) is 2.77. The van der Waals surface area contributed by atoms with Crippen molar-refractivity contribution in [1.82, 2.24) is 10.3 Å². The van der Waals surface area contributed by atoms with E-state index < -0.39 is 0 Å². The summed E-state index contributed by atoms with van der Waals surface area (Å²) in [6, 6.07) is 0.178. The average Bonchev–Trinajstić information content (AvgIpc) is 2.89. The van der Waals surface area contributed by atoms with Crippen LogP contribution in [-0.2, 0) is 16.0 Å². The van der Waals surface area contributed by atoms with E-state index in [1.54, 1.807) is 6.20 Å². The molecule has 1 aliphatic heterocycles. The molecular formula is C11H16N2O2S. The molecule has 0 saturated carbocycles. The number of nitrogens with zero attached hydrogens (tertiary/aromatic N) is 1. The number of aromatic nitrogens is 1. The lowest BCUT2D eigenvalue weighted by molar-refractivity contribution is -0.122. The molecule has 0 bridgehead atoms. The quantitative estimate of drug-likeness (QED) is 0.830. The van der Waals surface area contributed by atoms with Crippen molar-refractivity contribution in [3.05, 3.63) is 16.6 Å². The van der Waals surface area contributed by atoms with Crippen LogP contribution in [0.3, 0.4) is 0 Å². The van der Waals surface area contributed by atoms with E-state index in [0.717, 1.165) is 11.6 Å². The van der Waals surface area contributed by atoms with Crippen LogP contribution in [0.25, 0.3) is 0 Å². The van der Waals surface area contributed by atoms with Gasteiger partial charge in [0.1, 0.15) is 5.78 Å². The highest BCUT2D eigenvalue weighted by Crippen LogP contribution is 2.17. The van der Waals surface area contributed by atoms with Gasteiger partial charge < -0.3 is 10.1 Å². The fourth-order valence-electron chi connectivity index (χ4n) is 1.96. The summed E-state index contributed by atoms with van der Waals surface area (Å²) >= 11 is 1.53. The maximum absolute atomic E-state index is 12.0. The molecule has 4 nitrogen and oxygen atoms in total. The number of Topliss-reactive ketones (excluding diaryl/α,β-unsaturated/α-hetero) is 1. The predicted octanol–water partition coefficient (Wildman–Crippen LogP) is 0.879.